The molecule has 0 bridgehead atoms. The van der Waals surface area contributed by atoms with Crippen LogP contribution in [0.3, 0.4) is 0 Å². The standard InChI is InChI=1S/C27H35ClN6O5/c1-16-24(23-17(2)32-39-18(23)3)30-25(21-13-20(7-8-22(21)28)38-15-19(35)14-29-4)31-26(16)33-9-6-10-34(12-11-33)27(36)37-5/h7-8,13,19,29,35H,6,9-12,14-15H2,1-5H3. The molecular formula is C27H35ClN6O5. The number of aliphatic hydroxyl groups excluding tert-OH is 1. The zero-order valence-corrected chi connectivity index (χ0v) is 23.7. The lowest BCUT2D eigenvalue weighted by Gasteiger charge is -2.25. The third-order valence-electron chi connectivity index (χ3n) is 6.68. The Morgan fingerprint density at radius 1 is 1.21 bits per heavy atom. The number of benzene rings is 1. The van der Waals surface area contributed by atoms with Gasteiger partial charge in [0.25, 0.3) is 0 Å². The Kier molecular flexibility index (Phi) is 9.26. The lowest BCUT2D eigenvalue weighted by atomic mass is 10.0. The molecule has 2 aromatic heterocycles. The normalized spacial score (nSPS) is 14.7. The third kappa shape index (κ3) is 6.43. The van der Waals surface area contributed by atoms with Crippen LogP contribution in [0, 0.1) is 20.8 Å². The maximum absolute atomic E-state index is 12.2. The van der Waals surface area contributed by atoms with E-state index in [0.717, 1.165) is 29.1 Å². The first kappa shape index (κ1) is 28.6. The summed E-state index contributed by atoms with van der Waals surface area (Å²) in [6.45, 7) is 8.63. The highest BCUT2D eigenvalue weighted by atomic mass is 35.5. The van der Waals surface area contributed by atoms with Gasteiger partial charge in [-0.25, -0.2) is 14.8 Å². The van der Waals surface area contributed by atoms with Gasteiger partial charge in [0.2, 0.25) is 0 Å². The Balaban J connectivity index is 1.78. The predicted molar refractivity (Wildman–Crippen MR) is 148 cm³/mol. The Hall–Kier alpha value is -3.41. The van der Waals surface area contributed by atoms with Crippen molar-refractivity contribution in [3.8, 4) is 28.4 Å². The second-order valence-corrected chi connectivity index (χ2v) is 9.91. The number of carbonyl (C=O) groups is 1. The van der Waals surface area contributed by atoms with E-state index in [1.54, 1.807) is 30.1 Å². The number of aromatic nitrogens is 3. The van der Waals surface area contributed by atoms with E-state index in [1.807, 2.05) is 20.8 Å². The fraction of sp³-hybridized carbons (Fsp3) is 0.481. The summed E-state index contributed by atoms with van der Waals surface area (Å²) in [6.07, 6.45) is -0.236. The molecule has 3 aromatic rings. The van der Waals surface area contributed by atoms with Gasteiger partial charge in [-0.2, -0.15) is 0 Å². The van der Waals surface area contributed by atoms with E-state index in [9.17, 15) is 9.90 Å². The van der Waals surface area contributed by atoms with E-state index < -0.39 is 6.10 Å². The van der Waals surface area contributed by atoms with Gasteiger partial charge in [-0.1, -0.05) is 16.8 Å². The van der Waals surface area contributed by atoms with Crippen molar-refractivity contribution < 1.29 is 23.9 Å². The third-order valence-corrected chi connectivity index (χ3v) is 7.01. The van der Waals surface area contributed by atoms with Crippen molar-refractivity contribution >= 4 is 23.5 Å². The van der Waals surface area contributed by atoms with Gasteiger partial charge >= 0.3 is 6.09 Å². The summed E-state index contributed by atoms with van der Waals surface area (Å²) < 4.78 is 16.2. The van der Waals surface area contributed by atoms with Crippen LogP contribution in [0.1, 0.15) is 23.4 Å². The van der Waals surface area contributed by atoms with Crippen molar-refractivity contribution in [3.05, 3.63) is 40.2 Å². The Morgan fingerprint density at radius 3 is 2.69 bits per heavy atom. The number of anilines is 1. The number of nitrogens with zero attached hydrogens (tertiary/aromatic N) is 5. The van der Waals surface area contributed by atoms with E-state index >= 15 is 0 Å². The maximum atomic E-state index is 12.2. The molecule has 2 N–H and O–H groups in total. The zero-order valence-electron chi connectivity index (χ0n) is 23.0. The van der Waals surface area contributed by atoms with Gasteiger partial charge < -0.3 is 34.2 Å². The molecule has 4 rings (SSSR count). The quantitative estimate of drug-likeness (QED) is 0.423. The topological polar surface area (TPSA) is 126 Å². The molecule has 1 aliphatic rings. The number of carbonyl (C=O) groups excluding carboxylic acids is 1. The number of ether oxygens (including phenoxy) is 2. The molecule has 1 fully saturated rings. The van der Waals surface area contributed by atoms with Gasteiger partial charge in [-0.15, -0.1) is 0 Å². The number of likely N-dealkylation sites (N-methyl/N-ethyl adjacent to an activating group) is 1. The lowest BCUT2D eigenvalue weighted by molar-refractivity contribution is 0.108. The maximum Gasteiger partial charge on any atom is 0.409 e. The second-order valence-electron chi connectivity index (χ2n) is 9.51. The van der Waals surface area contributed by atoms with E-state index in [2.05, 4.69) is 15.4 Å². The van der Waals surface area contributed by atoms with Crippen LogP contribution in [-0.4, -0.2) is 90.8 Å². The number of methoxy groups -OCH3 is 1. The molecule has 1 atom stereocenters. The smallest absolute Gasteiger partial charge is 0.409 e. The highest BCUT2D eigenvalue weighted by molar-refractivity contribution is 6.33. The number of hydrogen-bond acceptors (Lipinski definition) is 10. The van der Waals surface area contributed by atoms with Crippen LogP contribution < -0.4 is 15.0 Å². The first-order valence-corrected chi connectivity index (χ1v) is 13.3. The number of rotatable bonds is 8. The molecule has 210 valence electrons. The number of aryl methyl sites for hydroxylation is 2. The molecule has 0 aliphatic carbocycles. The van der Waals surface area contributed by atoms with Crippen molar-refractivity contribution in [1.29, 1.82) is 0 Å². The number of amides is 1. The average Bonchev–Trinajstić information content (AvgIpc) is 3.10. The summed E-state index contributed by atoms with van der Waals surface area (Å²) in [6, 6.07) is 5.26. The molecule has 1 aromatic carbocycles. The van der Waals surface area contributed by atoms with Crippen LogP contribution in [0.5, 0.6) is 5.75 Å². The lowest BCUT2D eigenvalue weighted by Crippen LogP contribution is -2.35. The molecule has 3 heterocycles. The largest absolute Gasteiger partial charge is 0.491 e. The van der Waals surface area contributed by atoms with Crippen molar-refractivity contribution in [2.45, 2.75) is 33.3 Å². The number of halogens is 1. The summed E-state index contributed by atoms with van der Waals surface area (Å²) in [5.74, 6) is 2.36. The molecule has 0 spiro atoms. The Morgan fingerprint density at radius 2 is 2.00 bits per heavy atom. The van der Waals surface area contributed by atoms with Crippen LogP contribution in [0.25, 0.3) is 22.6 Å². The van der Waals surface area contributed by atoms with Crippen LogP contribution in [0.2, 0.25) is 5.02 Å². The van der Waals surface area contributed by atoms with E-state index in [1.165, 1.54) is 7.11 Å². The van der Waals surface area contributed by atoms with Crippen molar-refractivity contribution in [3.63, 3.8) is 0 Å². The average molecular weight is 559 g/mol. The SMILES string of the molecule is CNCC(O)COc1ccc(Cl)c(-c2nc(-c3c(C)noc3C)c(C)c(N3CCCN(C(=O)OC)CC3)n2)c1. The van der Waals surface area contributed by atoms with Crippen LogP contribution in [-0.2, 0) is 4.74 Å². The van der Waals surface area contributed by atoms with Crippen molar-refractivity contribution in [1.82, 2.24) is 25.3 Å². The first-order chi connectivity index (χ1) is 18.7. The van der Waals surface area contributed by atoms with Gasteiger partial charge in [0, 0.05) is 43.9 Å². The number of hydrogen-bond donors (Lipinski definition) is 2. The van der Waals surface area contributed by atoms with Crippen molar-refractivity contribution in [2.24, 2.45) is 0 Å². The second kappa shape index (κ2) is 12.6. The highest BCUT2D eigenvalue weighted by Gasteiger charge is 2.26. The Labute approximate surface area is 233 Å². The molecule has 12 heteroatoms. The van der Waals surface area contributed by atoms with Gasteiger partial charge in [0.15, 0.2) is 5.82 Å². The van der Waals surface area contributed by atoms with Crippen molar-refractivity contribution in [2.75, 3.05) is 58.4 Å². The molecule has 1 aliphatic heterocycles. The van der Waals surface area contributed by atoms with E-state index in [0.29, 0.717) is 66.3 Å². The minimum atomic E-state index is -0.657. The fourth-order valence-electron chi connectivity index (χ4n) is 4.69. The van der Waals surface area contributed by atoms with Gasteiger partial charge in [0.05, 0.1) is 29.1 Å². The van der Waals surface area contributed by atoms with E-state index in [4.69, 9.17) is 35.6 Å². The molecule has 0 saturated carbocycles. The summed E-state index contributed by atoms with van der Waals surface area (Å²) in [5, 5.41) is 17.6. The highest BCUT2D eigenvalue weighted by Crippen LogP contribution is 2.37. The van der Waals surface area contributed by atoms with Gasteiger partial charge in [0.1, 0.15) is 30.0 Å². The first-order valence-electron chi connectivity index (χ1n) is 12.9. The van der Waals surface area contributed by atoms with Gasteiger partial charge in [-0.3, -0.25) is 0 Å². The fourth-order valence-corrected chi connectivity index (χ4v) is 4.89. The number of aliphatic hydroxyl groups is 1. The summed E-state index contributed by atoms with van der Waals surface area (Å²) in [7, 11) is 3.16. The summed E-state index contributed by atoms with van der Waals surface area (Å²) in [4.78, 5) is 25.9. The molecule has 11 nitrogen and oxygen atoms in total. The summed E-state index contributed by atoms with van der Waals surface area (Å²) >= 11 is 6.66. The number of nitrogens with one attached hydrogen (secondary N) is 1. The van der Waals surface area contributed by atoms with Crippen LogP contribution >= 0.6 is 11.6 Å². The minimum Gasteiger partial charge on any atom is -0.491 e. The molecule has 0 radical (unpaired) electrons. The molecule has 1 saturated heterocycles. The minimum absolute atomic E-state index is 0.122. The summed E-state index contributed by atoms with van der Waals surface area (Å²) in [5.41, 5.74) is 3.70. The molecule has 1 unspecified atom stereocenters. The molecule has 1 amide bonds. The van der Waals surface area contributed by atoms with Crippen LogP contribution in [0.15, 0.2) is 22.7 Å². The zero-order chi connectivity index (χ0) is 28.1. The molecule has 39 heavy (non-hydrogen) atoms. The van der Waals surface area contributed by atoms with E-state index in [-0.39, 0.29) is 12.7 Å². The van der Waals surface area contributed by atoms with Gasteiger partial charge in [-0.05, 0) is 52.4 Å². The molecular weight excluding hydrogens is 524 g/mol. The Bertz CT molecular complexity index is 1300. The monoisotopic (exact) mass is 558 g/mol. The van der Waals surface area contributed by atoms with Crippen LogP contribution in [0.4, 0.5) is 10.6 Å². The predicted octanol–water partition coefficient (Wildman–Crippen LogP) is 3.61.